The molecule has 3 aliphatic rings. The van der Waals surface area contributed by atoms with Gasteiger partial charge in [0.1, 0.15) is 6.10 Å². The lowest BCUT2D eigenvalue weighted by Gasteiger charge is -2.38. The summed E-state index contributed by atoms with van der Waals surface area (Å²) in [4.78, 5) is 0. The summed E-state index contributed by atoms with van der Waals surface area (Å²) >= 11 is 0. The van der Waals surface area contributed by atoms with Crippen LogP contribution in [0.15, 0.2) is 24.3 Å². The van der Waals surface area contributed by atoms with Gasteiger partial charge in [0.15, 0.2) is 29.3 Å². The summed E-state index contributed by atoms with van der Waals surface area (Å²) in [5.41, 5.74) is 4.26. The van der Waals surface area contributed by atoms with E-state index in [1.54, 1.807) is 21.3 Å². The Bertz CT molecular complexity index is 914. The number of ether oxygens (including phenoxy) is 6. The Kier molecular flexibility index (Phi) is 4.30. The van der Waals surface area contributed by atoms with E-state index in [4.69, 9.17) is 28.4 Å². The first-order valence-corrected chi connectivity index (χ1v) is 9.34. The fraction of sp³-hybridized carbons (Fsp3) is 0.429. The minimum atomic E-state index is -0.547. The second kappa shape index (κ2) is 6.84. The fourth-order valence-corrected chi connectivity index (χ4v) is 4.39. The summed E-state index contributed by atoms with van der Waals surface area (Å²) in [6.45, 7) is 1.03. The van der Waals surface area contributed by atoms with Gasteiger partial charge in [0.05, 0.1) is 25.8 Å². The summed E-state index contributed by atoms with van der Waals surface area (Å²) in [5.74, 6) is 2.85. The van der Waals surface area contributed by atoms with Crippen LogP contribution in [-0.4, -0.2) is 34.7 Å². The largest absolute Gasteiger partial charge is 0.493 e. The van der Waals surface area contributed by atoms with Crippen molar-refractivity contribution in [2.24, 2.45) is 0 Å². The topological polar surface area (TPSA) is 67.4 Å². The summed E-state index contributed by atoms with van der Waals surface area (Å²) in [5, 5.41) is 3.64. The Labute approximate surface area is 163 Å². The van der Waals surface area contributed by atoms with Crippen LogP contribution in [-0.2, 0) is 15.9 Å². The zero-order chi connectivity index (χ0) is 19.3. The van der Waals surface area contributed by atoms with Crippen molar-refractivity contribution in [2.45, 2.75) is 24.9 Å². The van der Waals surface area contributed by atoms with Gasteiger partial charge in [-0.1, -0.05) is 6.07 Å². The standard InChI is InChI=1S/C21H23NO6/c1-23-15-8-11-6-7-22-18-12-4-5-14-20(27-10-26-14)17(12)21(25-3)28-19(18)13(11)9-16(15)24-2/h4-5,8-9,18-19,21-22H,6-7,10H2,1-3H3. The Morgan fingerprint density at radius 2 is 1.82 bits per heavy atom. The number of hydrogen-bond acceptors (Lipinski definition) is 7. The molecule has 3 heterocycles. The SMILES string of the molecule is COc1cc2c(cc1OC)C1OC(OC)c3c(ccc4c3OCO4)C1NCC2. The van der Waals surface area contributed by atoms with Crippen LogP contribution < -0.4 is 24.3 Å². The van der Waals surface area contributed by atoms with Crippen molar-refractivity contribution in [1.82, 2.24) is 5.32 Å². The molecule has 0 radical (unpaired) electrons. The maximum Gasteiger partial charge on any atom is 0.231 e. The normalized spacial score (nSPS) is 24.6. The third kappa shape index (κ3) is 2.54. The Balaban J connectivity index is 1.66. The quantitative estimate of drug-likeness (QED) is 0.871. The van der Waals surface area contributed by atoms with E-state index in [1.807, 2.05) is 18.2 Å². The lowest BCUT2D eigenvalue weighted by molar-refractivity contribution is -0.181. The highest BCUT2D eigenvalue weighted by atomic mass is 16.7. The van der Waals surface area contributed by atoms with Gasteiger partial charge in [0.2, 0.25) is 6.79 Å². The molecule has 28 heavy (non-hydrogen) atoms. The van der Waals surface area contributed by atoms with Gasteiger partial charge in [-0.05, 0) is 47.9 Å². The summed E-state index contributed by atoms with van der Waals surface area (Å²) in [6.07, 6.45) is 0.0905. The van der Waals surface area contributed by atoms with Crippen molar-refractivity contribution >= 4 is 0 Å². The van der Waals surface area contributed by atoms with Gasteiger partial charge in [-0.15, -0.1) is 0 Å². The third-order valence-corrected chi connectivity index (χ3v) is 5.68. The first-order valence-electron chi connectivity index (χ1n) is 9.34. The van der Waals surface area contributed by atoms with Gasteiger partial charge >= 0.3 is 0 Å². The zero-order valence-electron chi connectivity index (χ0n) is 16.1. The van der Waals surface area contributed by atoms with Gasteiger partial charge in [-0.2, -0.15) is 0 Å². The van der Waals surface area contributed by atoms with Crippen LogP contribution in [0.5, 0.6) is 23.0 Å². The van der Waals surface area contributed by atoms with Crippen LogP contribution in [0.2, 0.25) is 0 Å². The molecule has 0 saturated carbocycles. The molecule has 5 rings (SSSR count). The van der Waals surface area contributed by atoms with Gasteiger partial charge < -0.3 is 33.7 Å². The smallest absolute Gasteiger partial charge is 0.231 e. The van der Waals surface area contributed by atoms with Crippen LogP contribution in [0.1, 0.15) is 40.7 Å². The third-order valence-electron chi connectivity index (χ3n) is 5.68. The molecule has 3 unspecified atom stereocenters. The molecule has 0 aromatic heterocycles. The molecule has 0 bridgehead atoms. The molecule has 0 aliphatic carbocycles. The van der Waals surface area contributed by atoms with Gasteiger partial charge in [0, 0.05) is 7.11 Å². The molecule has 0 amide bonds. The van der Waals surface area contributed by atoms with E-state index in [9.17, 15) is 0 Å². The Morgan fingerprint density at radius 1 is 1.00 bits per heavy atom. The van der Waals surface area contributed by atoms with Crippen molar-refractivity contribution in [1.29, 1.82) is 0 Å². The average Bonchev–Trinajstić information content (AvgIpc) is 3.14. The molecule has 2 aromatic carbocycles. The maximum atomic E-state index is 6.45. The van der Waals surface area contributed by atoms with E-state index in [2.05, 4.69) is 11.4 Å². The highest BCUT2D eigenvalue weighted by Gasteiger charge is 2.42. The molecule has 2 aromatic rings. The first-order chi connectivity index (χ1) is 13.7. The number of benzene rings is 2. The fourth-order valence-electron chi connectivity index (χ4n) is 4.39. The van der Waals surface area contributed by atoms with E-state index in [0.717, 1.165) is 41.2 Å². The molecule has 7 heteroatoms. The number of methoxy groups -OCH3 is 3. The molecule has 148 valence electrons. The minimum absolute atomic E-state index is 0.0322. The molecular weight excluding hydrogens is 362 g/mol. The number of hydrogen-bond donors (Lipinski definition) is 1. The van der Waals surface area contributed by atoms with Crippen molar-refractivity contribution in [3.63, 3.8) is 0 Å². The van der Waals surface area contributed by atoms with Gasteiger partial charge in [-0.25, -0.2) is 0 Å². The Morgan fingerprint density at radius 3 is 2.61 bits per heavy atom. The second-order valence-electron chi connectivity index (χ2n) is 7.01. The highest BCUT2D eigenvalue weighted by Crippen LogP contribution is 2.53. The summed E-state index contributed by atoms with van der Waals surface area (Å²) in [6, 6.07) is 8.06. The summed E-state index contributed by atoms with van der Waals surface area (Å²) in [7, 11) is 4.94. The number of nitrogens with one attached hydrogen (secondary N) is 1. The molecular formula is C21H23NO6. The maximum absolute atomic E-state index is 6.45. The van der Waals surface area contributed by atoms with Crippen molar-refractivity contribution in [2.75, 3.05) is 34.7 Å². The van der Waals surface area contributed by atoms with Gasteiger partial charge in [0.25, 0.3) is 0 Å². The van der Waals surface area contributed by atoms with Crippen LogP contribution >= 0.6 is 0 Å². The van der Waals surface area contributed by atoms with Gasteiger partial charge in [-0.3, -0.25) is 0 Å². The molecule has 0 saturated heterocycles. The van der Waals surface area contributed by atoms with Crippen molar-refractivity contribution in [3.8, 4) is 23.0 Å². The zero-order valence-corrected chi connectivity index (χ0v) is 16.1. The van der Waals surface area contributed by atoms with Crippen molar-refractivity contribution < 1.29 is 28.4 Å². The van der Waals surface area contributed by atoms with Crippen LogP contribution in [0.4, 0.5) is 0 Å². The lowest BCUT2D eigenvalue weighted by Crippen LogP contribution is -2.34. The van der Waals surface area contributed by atoms with E-state index in [0.29, 0.717) is 11.5 Å². The van der Waals surface area contributed by atoms with E-state index < -0.39 is 6.29 Å². The van der Waals surface area contributed by atoms with Crippen LogP contribution in [0.3, 0.4) is 0 Å². The van der Waals surface area contributed by atoms with E-state index in [-0.39, 0.29) is 18.9 Å². The Hall–Kier alpha value is -2.48. The minimum Gasteiger partial charge on any atom is -0.493 e. The van der Waals surface area contributed by atoms with E-state index in [1.165, 1.54) is 5.56 Å². The average molecular weight is 385 g/mol. The number of fused-ring (bicyclic) bond motifs is 7. The van der Waals surface area contributed by atoms with Crippen LogP contribution in [0.25, 0.3) is 0 Å². The molecule has 7 nitrogen and oxygen atoms in total. The first kappa shape index (κ1) is 17.6. The molecule has 3 aliphatic heterocycles. The van der Waals surface area contributed by atoms with Crippen LogP contribution in [0, 0.1) is 0 Å². The predicted molar refractivity (Wildman–Crippen MR) is 100 cm³/mol. The monoisotopic (exact) mass is 385 g/mol. The predicted octanol–water partition coefficient (Wildman–Crippen LogP) is 3.04. The second-order valence-corrected chi connectivity index (χ2v) is 7.01. The van der Waals surface area contributed by atoms with Crippen molar-refractivity contribution in [3.05, 3.63) is 46.5 Å². The molecule has 0 spiro atoms. The highest BCUT2D eigenvalue weighted by molar-refractivity contribution is 5.56. The molecule has 3 atom stereocenters. The lowest BCUT2D eigenvalue weighted by atomic mass is 9.87. The molecule has 1 N–H and O–H groups in total. The molecule has 0 fully saturated rings. The van der Waals surface area contributed by atoms with E-state index >= 15 is 0 Å². The summed E-state index contributed by atoms with van der Waals surface area (Å²) < 4.78 is 34.5. The number of rotatable bonds is 3.